The van der Waals surface area contributed by atoms with Crippen LogP contribution in [0.3, 0.4) is 0 Å². The molecule has 1 fully saturated rings. The Morgan fingerprint density at radius 1 is 1.50 bits per heavy atom. The number of rotatable bonds is 1. The summed E-state index contributed by atoms with van der Waals surface area (Å²) < 4.78 is 0. The molecule has 1 atom stereocenters. The topological polar surface area (TPSA) is 33.2 Å². The summed E-state index contributed by atoms with van der Waals surface area (Å²) in [5, 5.41) is 0.293. The van der Waals surface area contributed by atoms with Gasteiger partial charge < -0.3 is 4.90 Å². The first-order chi connectivity index (χ1) is 8.39. The van der Waals surface area contributed by atoms with Gasteiger partial charge in [0.25, 0.3) is 5.91 Å². The molecule has 1 unspecified atom stereocenters. The van der Waals surface area contributed by atoms with E-state index >= 15 is 0 Å². The fraction of sp³-hybridized carbons (Fsp3) is 0.571. The molecule has 1 aliphatic heterocycles. The Kier molecular flexibility index (Phi) is 3.62. The van der Waals surface area contributed by atoms with E-state index in [0.717, 1.165) is 19.5 Å². The third kappa shape index (κ3) is 2.66. The maximum atomic E-state index is 12.3. The van der Waals surface area contributed by atoms with Crippen LogP contribution < -0.4 is 0 Å². The van der Waals surface area contributed by atoms with E-state index in [1.807, 2.05) is 4.90 Å². The molecule has 0 aliphatic carbocycles. The zero-order valence-electron chi connectivity index (χ0n) is 11.1. The molecule has 0 bridgehead atoms. The second kappa shape index (κ2) is 4.88. The van der Waals surface area contributed by atoms with Crippen LogP contribution in [-0.4, -0.2) is 28.9 Å². The fourth-order valence-corrected chi connectivity index (χ4v) is 2.57. The Bertz CT molecular complexity index is 453. The van der Waals surface area contributed by atoms with Crippen LogP contribution in [0.1, 0.15) is 37.6 Å². The van der Waals surface area contributed by atoms with Gasteiger partial charge in [0, 0.05) is 19.3 Å². The minimum atomic E-state index is -0.000139. The molecule has 0 spiro atoms. The SMILES string of the molecule is CC(C)(C)C1CCN(C(=O)c2cccnc2Cl)C1. The number of aromatic nitrogens is 1. The number of hydrogen-bond donors (Lipinski definition) is 0. The maximum Gasteiger partial charge on any atom is 0.256 e. The van der Waals surface area contributed by atoms with E-state index in [1.165, 1.54) is 0 Å². The van der Waals surface area contributed by atoms with Crippen LogP contribution in [0.5, 0.6) is 0 Å². The first kappa shape index (κ1) is 13.3. The van der Waals surface area contributed by atoms with Crippen molar-refractivity contribution in [1.82, 2.24) is 9.88 Å². The molecule has 18 heavy (non-hydrogen) atoms. The van der Waals surface area contributed by atoms with Gasteiger partial charge in [0.2, 0.25) is 0 Å². The Morgan fingerprint density at radius 2 is 2.22 bits per heavy atom. The zero-order chi connectivity index (χ0) is 13.3. The minimum Gasteiger partial charge on any atom is -0.338 e. The maximum absolute atomic E-state index is 12.3. The summed E-state index contributed by atoms with van der Waals surface area (Å²) in [4.78, 5) is 18.2. The number of halogens is 1. The number of nitrogens with zero attached hydrogens (tertiary/aromatic N) is 2. The molecule has 0 saturated carbocycles. The molecule has 3 nitrogen and oxygen atoms in total. The lowest BCUT2D eigenvalue weighted by Crippen LogP contribution is -2.31. The Hall–Kier alpha value is -1.09. The van der Waals surface area contributed by atoms with Gasteiger partial charge in [-0.05, 0) is 29.9 Å². The number of hydrogen-bond acceptors (Lipinski definition) is 2. The standard InChI is InChI=1S/C14H19ClN2O/c1-14(2,3)10-6-8-17(9-10)13(18)11-5-4-7-16-12(11)15/h4-5,7,10H,6,8-9H2,1-3H3. The molecule has 98 valence electrons. The summed E-state index contributed by atoms with van der Waals surface area (Å²) >= 11 is 5.97. The molecule has 2 heterocycles. The summed E-state index contributed by atoms with van der Waals surface area (Å²) in [6.45, 7) is 8.30. The average molecular weight is 267 g/mol. The number of pyridine rings is 1. The predicted molar refractivity (Wildman–Crippen MR) is 72.7 cm³/mol. The molecule has 1 aromatic heterocycles. The van der Waals surface area contributed by atoms with Gasteiger partial charge in [-0.2, -0.15) is 0 Å². The van der Waals surface area contributed by atoms with E-state index < -0.39 is 0 Å². The van der Waals surface area contributed by atoms with E-state index in [0.29, 0.717) is 16.6 Å². The normalized spacial score (nSPS) is 20.2. The minimum absolute atomic E-state index is 0.000139. The highest BCUT2D eigenvalue weighted by atomic mass is 35.5. The van der Waals surface area contributed by atoms with Crippen molar-refractivity contribution in [1.29, 1.82) is 0 Å². The van der Waals surface area contributed by atoms with Gasteiger partial charge in [0.05, 0.1) is 5.56 Å². The molecule has 1 aliphatic rings. The number of carbonyl (C=O) groups excluding carboxylic acids is 1. The van der Waals surface area contributed by atoms with E-state index in [2.05, 4.69) is 25.8 Å². The largest absolute Gasteiger partial charge is 0.338 e. The molecule has 0 radical (unpaired) electrons. The molecule has 1 aromatic rings. The first-order valence-corrected chi connectivity index (χ1v) is 6.67. The van der Waals surface area contributed by atoms with Crippen LogP contribution in [0.4, 0.5) is 0 Å². The van der Waals surface area contributed by atoms with Crippen molar-refractivity contribution in [2.24, 2.45) is 11.3 Å². The second-order valence-electron chi connectivity index (χ2n) is 5.94. The highest BCUT2D eigenvalue weighted by Crippen LogP contribution is 2.34. The van der Waals surface area contributed by atoms with Crippen molar-refractivity contribution < 1.29 is 4.79 Å². The zero-order valence-corrected chi connectivity index (χ0v) is 11.9. The third-order valence-corrected chi connectivity index (χ3v) is 3.99. The van der Waals surface area contributed by atoms with E-state index in [-0.39, 0.29) is 11.3 Å². The van der Waals surface area contributed by atoms with Crippen molar-refractivity contribution in [2.45, 2.75) is 27.2 Å². The Balaban J connectivity index is 2.11. The van der Waals surface area contributed by atoms with Crippen LogP contribution >= 0.6 is 11.6 Å². The molecule has 0 N–H and O–H groups in total. The molecule has 2 rings (SSSR count). The number of likely N-dealkylation sites (tertiary alicyclic amines) is 1. The predicted octanol–water partition coefficient (Wildman–Crippen LogP) is 3.24. The van der Waals surface area contributed by atoms with Crippen LogP contribution in [0.15, 0.2) is 18.3 Å². The third-order valence-electron chi connectivity index (χ3n) is 3.69. The van der Waals surface area contributed by atoms with Crippen LogP contribution in [0, 0.1) is 11.3 Å². The second-order valence-corrected chi connectivity index (χ2v) is 6.30. The molecule has 1 amide bonds. The molecule has 1 saturated heterocycles. The van der Waals surface area contributed by atoms with Gasteiger partial charge in [-0.15, -0.1) is 0 Å². The van der Waals surface area contributed by atoms with Crippen molar-refractivity contribution in [3.05, 3.63) is 29.0 Å². The fourth-order valence-electron chi connectivity index (χ4n) is 2.37. The van der Waals surface area contributed by atoms with Gasteiger partial charge in [0.1, 0.15) is 5.15 Å². The molecule has 4 heteroatoms. The van der Waals surface area contributed by atoms with E-state index in [4.69, 9.17) is 11.6 Å². The van der Waals surface area contributed by atoms with Gasteiger partial charge >= 0.3 is 0 Å². The quantitative estimate of drug-likeness (QED) is 0.731. The molecule has 0 aromatic carbocycles. The highest BCUT2D eigenvalue weighted by molar-refractivity contribution is 6.32. The Morgan fingerprint density at radius 3 is 2.78 bits per heavy atom. The highest BCUT2D eigenvalue weighted by Gasteiger charge is 2.34. The van der Waals surface area contributed by atoms with Gasteiger partial charge in [0.15, 0.2) is 0 Å². The number of carbonyl (C=O) groups is 1. The lowest BCUT2D eigenvalue weighted by molar-refractivity contribution is 0.0776. The van der Waals surface area contributed by atoms with E-state index in [9.17, 15) is 4.79 Å². The summed E-state index contributed by atoms with van der Waals surface area (Å²) in [6, 6.07) is 3.48. The van der Waals surface area contributed by atoms with Crippen molar-refractivity contribution in [3.63, 3.8) is 0 Å². The summed E-state index contributed by atoms with van der Waals surface area (Å²) in [7, 11) is 0. The lowest BCUT2D eigenvalue weighted by atomic mass is 9.80. The average Bonchev–Trinajstić information content (AvgIpc) is 2.77. The first-order valence-electron chi connectivity index (χ1n) is 6.29. The van der Waals surface area contributed by atoms with Gasteiger partial charge in [-0.25, -0.2) is 4.98 Å². The van der Waals surface area contributed by atoms with Gasteiger partial charge in [-0.1, -0.05) is 32.4 Å². The van der Waals surface area contributed by atoms with Crippen molar-refractivity contribution in [2.75, 3.05) is 13.1 Å². The number of amides is 1. The van der Waals surface area contributed by atoms with Gasteiger partial charge in [-0.3, -0.25) is 4.79 Å². The van der Waals surface area contributed by atoms with Crippen LogP contribution in [0.2, 0.25) is 5.15 Å². The Labute approximate surface area is 113 Å². The van der Waals surface area contributed by atoms with Crippen LogP contribution in [-0.2, 0) is 0 Å². The van der Waals surface area contributed by atoms with Crippen molar-refractivity contribution in [3.8, 4) is 0 Å². The monoisotopic (exact) mass is 266 g/mol. The molecular formula is C14H19ClN2O. The molecular weight excluding hydrogens is 248 g/mol. The van der Waals surface area contributed by atoms with Crippen LogP contribution in [0.25, 0.3) is 0 Å². The lowest BCUT2D eigenvalue weighted by Gasteiger charge is -2.27. The summed E-state index contributed by atoms with van der Waals surface area (Å²) in [6.07, 6.45) is 2.66. The van der Waals surface area contributed by atoms with E-state index in [1.54, 1.807) is 18.3 Å². The summed E-state index contributed by atoms with van der Waals surface area (Å²) in [5.74, 6) is 0.553. The van der Waals surface area contributed by atoms with Crippen molar-refractivity contribution >= 4 is 17.5 Å². The summed E-state index contributed by atoms with van der Waals surface area (Å²) in [5.41, 5.74) is 0.752. The smallest absolute Gasteiger partial charge is 0.256 e.